The SMILES string of the molecule is CC1(C)O[C@H]2[C@H](n3ccc4c(Cl)ncnc43)C[C@](C)(CO)[C@H]2O1. The van der Waals surface area contributed by atoms with Crippen LogP contribution in [0.3, 0.4) is 0 Å². The van der Waals surface area contributed by atoms with E-state index >= 15 is 0 Å². The third kappa shape index (κ3) is 2.20. The molecule has 0 aromatic carbocycles. The molecule has 4 atom stereocenters. The maximum absolute atomic E-state index is 9.92. The predicted octanol–water partition coefficient (Wildman–Crippen LogP) is 2.55. The first kappa shape index (κ1) is 15.3. The van der Waals surface area contributed by atoms with Crippen molar-refractivity contribution in [3.8, 4) is 0 Å². The minimum absolute atomic E-state index is 0.0300. The van der Waals surface area contributed by atoms with Gasteiger partial charge < -0.3 is 19.1 Å². The average molecular weight is 338 g/mol. The third-order valence-electron chi connectivity index (χ3n) is 5.05. The van der Waals surface area contributed by atoms with Crippen molar-refractivity contribution in [1.82, 2.24) is 14.5 Å². The smallest absolute Gasteiger partial charge is 0.163 e. The highest BCUT2D eigenvalue weighted by atomic mass is 35.5. The zero-order valence-corrected chi connectivity index (χ0v) is 14.1. The summed E-state index contributed by atoms with van der Waals surface area (Å²) >= 11 is 6.16. The van der Waals surface area contributed by atoms with E-state index in [9.17, 15) is 5.11 Å². The molecule has 4 rings (SSSR count). The van der Waals surface area contributed by atoms with Crippen LogP contribution in [-0.2, 0) is 9.47 Å². The number of ether oxygens (including phenoxy) is 2. The molecular weight excluding hydrogens is 318 g/mol. The van der Waals surface area contributed by atoms with Crippen LogP contribution in [0.4, 0.5) is 0 Å². The number of aromatic nitrogens is 3. The number of hydrogen-bond donors (Lipinski definition) is 1. The molecule has 3 heterocycles. The molecule has 1 saturated heterocycles. The Morgan fingerprint density at radius 2 is 2.13 bits per heavy atom. The van der Waals surface area contributed by atoms with Crippen LogP contribution in [0.1, 0.15) is 33.2 Å². The predicted molar refractivity (Wildman–Crippen MR) is 85.2 cm³/mol. The monoisotopic (exact) mass is 337 g/mol. The fourth-order valence-electron chi connectivity index (χ4n) is 3.94. The van der Waals surface area contributed by atoms with E-state index in [0.717, 1.165) is 17.5 Å². The molecule has 6 nitrogen and oxygen atoms in total. The van der Waals surface area contributed by atoms with E-state index < -0.39 is 5.79 Å². The van der Waals surface area contributed by atoms with Crippen molar-refractivity contribution in [2.24, 2.45) is 5.41 Å². The lowest BCUT2D eigenvalue weighted by atomic mass is 9.87. The maximum Gasteiger partial charge on any atom is 0.163 e. The Kier molecular flexibility index (Phi) is 3.26. The first-order valence-corrected chi connectivity index (χ1v) is 8.16. The van der Waals surface area contributed by atoms with Crippen LogP contribution in [0.25, 0.3) is 11.0 Å². The summed E-state index contributed by atoms with van der Waals surface area (Å²) in [6.07, 6.45) is 3.90. The van der Waals surface area contributed by atoms with Crippen LogP contribution in [0, 0.1) is 5.41 Å². The lowest BCUT2D eigenvalue weighted by Crippen LogP contribution is -2.36. The molecule has 2 aliphatic rings. The summed E-state index contributed by atoms with van der Waals surface area (Å²) in [6.45, 7) is 5.92. The van der Waals surface area contributed by atoms with E-state index in [0.29, 0.717) is 5.15 Å². The summed E-state index contributed by atoms with van der Waals surface area (Å²) in [7, 11) is 0. The van der Waals surface area contributed by atoms with Gasteiger partial charge in [-0.25, -0.2) is 9.97 Å². The van der Waals surface area contributed by atoms with Gasteiger partial charge in [0.1, 0.15) is 23.2 Å². The van der Waals surface area contributed by atoms with Crippen molar-refractivity contribution in [1.29, 1.82) is 0 Å². The molecule has 23 heavy (non-hydrogen) atoms. The molecule has 1 aliphatic carbocycles. The second-order valence-electron chi connectivity index (χ2n) is 7.23. The number of halogens is 1. The summed E-state index contributed by atoms with van der Waals surface area (Å²) in [5, 5.41) is 11.2. The largest absolute Gasteiger partial charge is 0.396 e. The van der Waals surface area contributed by atoms with Crippen LogP contribution < -0.4 is 0 Å². The Balaban J connectivity index is 1.80. The third-order valence-corrected chi connectivity index (χ3v) is 5.35. The van der Waals surface area contributed by atoms with Gasteiger partial charge in [0.2, 0.25) is 0 Å². The normalized spacial score (nSPS) is 35.8. The van der Waals surface area contributed by atoms with Crippen LogP contribution in [0.5, 0.6) is 0 Å². The van der Waals surface area contributed by atoms with Gasteiger partial charge in [0.25, 0.3) is 0 Å². The number of aliphatic hydroxyl groups is 1. The zero-order chi connectivity index (χ0) is 16.4. The highest BCUT2D eigenvalue weighted by Crippen LogP contribution is 2.53. The quantitative estimate of drug-likeness (QED) is 0.853. The minimum Gasteiger partial charge on any atom is -0.396 e. The van der Waals surface area contributed by atoms with E-state index in [1.165, 1.54) is 6.33 Å². The van der Waals surface area contributed by atoms with Gasteiger partial charge >= 0.3 is 0 Å². The van der Waals surface area contributed by atoms with Gasteiger partial charge in [-0.1, -0.05) is 18.5 Å². The average Bonchev–Trinajstić information content (AvgIpc) is 3.12. The lowest BCUT2D eigenvalue weighted by Gasteiger charge is -2.29. The van der Waals surface area contributed by atoms with E-state index in [1.807, 2.05) is 33.0 Å². The molecule has 1 aliphatic heterocycles. The van der Waals surface area contributed by atoms with Crippen LogP contribution in [0.15, 0.2) is 18.6 Å². The molecule has 0 unspecified atom stereocenters. The Bertz CT molecular complexity index is 762. The Labute approximate surface area is 139 Å². The van der Waals surface area contributed by atoms with Crippen molar-refractivity contribution in [3.05, 3.63) is 23.7 Å². The lowest BCUT2D eigenvalue weighted by molar-refractivity contribution is -0.170. The Hall–Kier alpha value is -1.21. The highest BCUT2D eigenvalue weighted by Gasteiger charge is 2.59. The summed E-state index contributed by atoms with van der Waals surface area (Å²) in [4.78, 5) is 8.41. The molecule has 1 saturated carbocycles. The Morgan fingerprint density at radius 1 is 1.35 bits per heavy atom. The summed E-state index contributed by atoms with van der Waals surface area (Å²) in [6, 6.07) is 1.95. The van der Waals surface area contributed by atoms with Gasteiger partial charge in [0, 0.05) is 11.6 Å². The van der Waals surface area contributed by atoms with Gasteiger partial charge in [-0.05, 0) is 26.3 Å². The summed E-state index contributed by atoms with van der Waals surface area (Å²) in [5.41, 5.74) is 0.431. The van der Waals surface area contributed by atoms with Crippen molar-refractivity contribution < 1.29 is 14.6 Å². The number of aliphatic hydroxyl groups excluding tert-OH is 1. The first-order chi connectivity index (χ1) is 10.8. The summed E-state index contributed by atoms with van der Waals surface area (Å²) in [5.74, 6) is -0.653. The fourth-order valence-corrected chi connectivity index (χ4v) is 4.13. The number of fused-ring (bicyclic) bond motifs is 2. The molecule has 2 aromatic heterocycles. The number of nitrogens with zero attached hydrogens (tertiary/aromatic N) is 3. The van der Waals surface area contributed by atoms with Gasteiger partial charge in [0.05, 0.1) is 24.1 Å². The second kappa shape index (κ2) is 4.89. The van der Waals surface area contributed by atoms with Gasteiger partial charge in [0.15, 0.2) is 5.79 Å². The summed E-state index contributed by atoms with van der Waals surface area (Å²) < 4.78 is 14.3. The van der Waals surface area contributed by atoms with Crippen LogP contribution in [0.2, 0.25) is 5.15 Å². The van der Waals surface area contributed by atoms with E-state index in [-0.39, 0.29) is 30.3 Å². The maximum atomic E-state index is 9.92. The zero-order valence-electron chi connectivity index (χ0n) is 13.4. The highest BCUT2D eigenvalue weighted by molar-refractivity contribution is 6.33. The van der Waals surface area contributed by atoms with Crippen molar-refractivity contribution in [2.75, 3.05) is 6.61 Å². The molecule has 0 bridgehead atoms. The molecule has 7 heteroatoms. The molecule has 0 spiro atoms. The molecular formula is C16H20ClN3O3. The molecule has 0 amide bonds. The van der Waals surface area contributed by atoms with Crippen molar-refractivity contribution in [3.63, 3.8) is 0 Å². The molecule has 2 fully saturated rings. The van der Waals surface area contributed by atoms with Crippen LogP contribution >= 0.6 is 11.6 Å². The van der Waals surface area contributed by atoms with E-state index in [4.69, 9.17) is 21.1 Å². The Morgan fingerprint density at radius 3 is 2.87 bits per heavy atom. The molecule has 2 aromatic rings. The number of rotatable bonds is 2. The van der Waals surface area contributed by atoms with E-state index in [1.54, 1.807) is 0 Å². The molecule has 0 radical (unpaired) electrons. The molecule has 1 N–H and O–H groups in total. The van der Waals surface area contributed by atoms with E-state index in [2.05, 4.69) is 14.5 Å². The first-order valence-electron chi connectivity index (χ1n) is 7.78. The van der Waals surface area contributed by atoms with Crippen molar-refractivity contribution in [2.45, 2.75) is 51.2 Å². The second-order valence-corrected chi connectivity index (χ2v) is 7.59. The standard InChI is InChI=1S/C16H20ClN3O3/c1-15(2)22-11-10(6-16(3,7-21)12(11)23-15)20-5-4-9-13(17)18-8-19-14(9)20/h4-5,8,10-12,21H,6-7H2,1-3H3/t10-,11+,12+,16-/m1/s1. The fraction of sp³-hybridized carbons (Fsp3) is 0.625. The molecule has 124 valence electrons. The minimum atomic E-state index is -0.653. The van der Waals surface area contributed by atoms with Gasteiger partial charge in [-0.2, -0.15) is 0 Å². The van der Waals surface area contributed by atoms with Crippen molar-refractivity contribution >= 4 is 22.6 Å². The van der Waals surface area contributed by atoms with Gasteiger partial charge in [-0.15, -0.1) is 0 Å². The topological polar surface area (TPSA) is 69.4 Å². The van der Waals surface area contributed by atoms with Gasteiger partial charge in [-0.3, -0.25) is 0 Å². The number of hydrogen-bond acceptors (Lipinski definition) is 5. The van der Waals surface area contributed by atoms with Crippen LogP contribution in [-0.4, -0.2) is 44.2 Å².